The molecule has 1 heterocycles. The number of nitrogen functional groups attached to an aromatic ring is 1. The smallest absolute Gasteiger partial charge is 0.256 e. The average Bonchev–Trinajstić information content (AvgIpc) is 2.49. The maximum absolute atomic E-state index is 12.6. The van der Waals surface area contributed by atoms with Crippen LogP contribution in [0.4, 0.5) is 5.69 Å². The summed E-state index contributed by atoms with van der Waals surface area (Å²) in [5.74, 6) is 0.0284. The van der Waals surface area contributed by atoms with Crippen molar-refractivity contribution >= 4 is 11.6 Å². The molecule has 3 heteroatoms. The third-order valence-corrected chi connectivity index (χ3v) is 3.97. The predicted molar refractivity (Wildman–Crippen MR) is 80.5 cm³/mol. The van der Waals surface area contributed by atoms with Crippen molar-refractivity contribution in [1.29, 1.82) is 0 Å². The highest BCUT2D eigenvalue weighted by atomic mass is 16.2. The highest BCUT2D eigenvalue weighted by molar-refractivity contribution is 5.99. The quantitative estimate of drug-likeness (QED) is 0.807. The van der Waals surface area contributed by atoms with Gasteiger partial charge in [-0.1, -0.05) is 36.4 Å². The van der Waals surface area contributed by atoms with Crippen molar-refractivity contribution in [3.8, 4) is 0 Å². The van der Waals surface area contributed by atoms with Crippen molar-refractivity contribution in [1.82, 2.24) is 4.90 Å². The van der Waals surface area contributed by atoms with Gasteiger partial charge in [0.2, 0.25) is 0 Å². The predicted octanol–water partition coefficient (Wildman–Crippen LogP) is 2.78. The van der Waals surface area contributed by atoms with E-state index in [1.54, 1.807) is 0 Å². The average molecular weight is 266 g/mol. The fourth-order valence-electron chi connectivity index (χ4n) is 2.71. The van der Waals surface area contributed by atoms with E-state index >= 15 is 0 Å². The van der Waals surface area contributed by atoms with Crippen molar-refractivity contribution in [3.05, 3.63) is 64.7 Å². The van der Waals surface area contributed by atoms with Gasteiger partial charge in [0.1, 0.15) is 0 Å². The zero-order valence-corrected chi connectivity index (χ0v) is 11.6. The molecule has 0 spiro atoms. The molecule has 0 atom stereocenters. The van der Waals surface area contributed by atoms with Crippen LogP contribution in [0.1, 0.15) is 27.0 Å². The summed E-state index contributed by atoms with van der Waals surface area (Å²) in [7, 11) is 0. The van der Waals surface area contributed by atoms with Crippen molar-refractivity contribution in [2.24, 2.45) is 0 Å². The van der Waals surface area contributed by atoms with Crippen LogP contribution >= 0.6 is 0 Å². The molecule has 20 heavy (non-hydrogen) atoms. The zero-order valence-electron chi connectivity index (χ0n) is 11.6. The fourth-order valence-corrected chi connectivity index (χ4v) is 2.71. The van der Waals surface area contributed by atoms with E-state index in [1.165, 1.54) is 11.1 Å². The van der Waals surface area contributed by atoms with E-state index in [0.717, 1.165) is 18.5 Å². The summed E-state index contributed by atoms with van der Waals surface area (Å²) >= 11 is 0. The summed E-state index contributed by atoms with van der Waals surface area (Å²) in [6.07, 6.45) is 0.910. The topological polar surface area (TPSA) is 46.3 Å². The summed E-state index contributed by atoms with van der Waals surface area (Å²) in [6, 6.07) is 13.9. The van der Waals surface area contributed by atoms with E-state index < -0.39 is 0 Å². The molecule has 1 amide bonds. The summed E-state index contributed by atoms with van der Waals surface area (Å²) in [5.41, 5.74) is 10.8. The number of hydrogen-bond acceptors (Lipinski definition) is 2. The molecule has 0 aliphatic carbocycles. The number of carbonyl (C=O) groups is 1. The largest absolute Gasteiger partial charge is 0.398 e. The van der Waals surface area contributed by atoms with Gasteiger partial charge in [0, 0.05) is 18.8 Å². The Bertz CT molecular complexity index is 664. The Labute approximate surface area is 119 Å². The van der Waals surface area contributed by atoms with Gasteiger partial charge in [-0.25, -0.2) is 0 Å². The van der Waals surface area contributed by atoms with Crippen molar-refractivity contribution in [2.45, 2.75) is 19.9 Å². The number of amides is 1. The number of fused-ring (bicyclic) bond motifs is 1. The minimum atomic E-state index is 0.0284. The minimum Gasteiger partial charge on any atom is -0.398 e. The van der Waals surface area contributed by atoms with E-state index in [9.17, 15) is 4.79 Å². The van der Waals surface area contributed by atoms with Crippen LogP contribution in [-0.4, -0.2) is 17.4 Å². The van der Waals surface area contributed by atoms with Crippen LogP contribution in [-0.2, 0) is 13.0 Å². The third-order valence-electron chi connectivity index (χ3n) is 3.97. The number of anilines is 1. The molecular formula is C17H18N2O. The molecule has 0 unspecified atom stereocenters. The molecule has 0 bridgehead atoms. The number of benzene rings is 2. The number of para-hydroxylation sites is 1. The first-order valence-electron chi connectivity index (χ1n) is 6.88. The first kappa shape index (κ1) is 12.7. The van der Waals surface area contributed by atoms with E-state index in [4.69, 9.17) is 5.73 Å². The molecule has 3 rings (SSSR count). The number of rotatable bonds is 1. The second-order valence-electron chi connectivity index (χ2n) is 5.28. The van der Waals surface area contributed by atoms with Crippen LogP contribution in [0.2, 0.25) is 0 Å². The molecule has 102 valence electrons. The number of aryl methyl sites for hydroxylation is 1. The normalized spacial score (nSPS) is 13.9. The van der Waals surface area contributed by atoms with Crippen molar-refractivity contribution < 1.29 is 4.79 Å². The molecule has 1 aliphatic rings. The molecule has 0 saturated carbocycles. The van der Waals surface area contributed by atoms with Crippen LogP contribution in [0.3, 0.4) is 0 Å². The summed E-state index contributed by atoms with van der Waals surface area (Å²) in [5, 5.41) is 0. The number of nitrogens with two attached hydrogens (primary N) is 1. The van der Waals surface area contributed by atoms with Crippen molar-refractivity contribution in [3.63, 3.8) is 0 Å². The van der Waals surface area contributed by atoms with Crippen LogP contribution in [0.25, 0.3) is 0 Å². The van der Waals surface area contributed by atoms with Crippen LogP contribution in [0.15, 0.2) is 42.5 Å². The van der Waals surface area contributed by atoms with E-state index in [1.807, 2.05) is 36.1 Å². The van der Waals surface area contributed by atoms with E-state index in [0.29, 0.717) is 17.8 Å². The second kappa shape index (κ2) is 5.00. The van der Waals surface area contributed by atoms with Gasteiger partial charge in [-0.3, -0.25) is 4.79 Å². The second-order valence-corrected chi connectivity index (χ2v) is 5.28. The first-order chi connectivity index (χ1) is 9.66. The maximum atomic E-state index is 12.6. The van der Waals surface area contributed by atoms with Gasteiger partial charge in [0.05, 0.1) is 5.56 Å². The van der Waals surface area contributed by atoms with Crippen LogP contribution in [0.5, 0.6) is 0 Å². The Balaban J connectivity index is 1.88. The molecule has 0 fully saturated rings. The molecular weight excluding hydrogens is 248 g/mol. The highest BCUT2D eigenvalue weighted by Crippen LogP contribution is 2.23. The molecule has 0 aromatic heterocycles. The standard InChI is InChI=1S/C17H18N2O/c1-12-5-4-8-15(16(12)18)17(20)19-10-9-13-6-2-3-7-14(13)11-19/h2-8H,9-11,18H2,1H3. The number of carbonyl (C=O) groups excluding carboxylic acids is 1. The van der Waals surface area contributed by atoms with Gasteiger partial charge < -0.3 is 10.6 Å². The fraction of sp³-hybridized carbons (Fsp3) is 0.235. The lowest BCUT2D eigenvalue weighted by atomic mass is 9.99. The van der Waals surface area contributed by atoms with E-state index in [2.05, 4.69) is 18.2 Å². The molecule has 2 aromatic rings. The Morgan fingerprint density at radius 2 is 1.85 bits per heavy atom. The monoisotopic (exact) mass is 266 g/mol. The summed E-state index contributed by atoms with van der Waals surface area (Å²) < 4.78 is 0. The summed E-state index contributed by atoms with van der Waals surface area (Å²) in [4.78, 5) is 14.5. The lowest BCUT2D eigenvalue weighted by Gasteiger charge is -2.29. The molecule has 0 saturated heterocycles. The van der Waals surface area contributed by atoms with Gasteiger partial charge in [-0.05, 0) is 36.1 Å². The lowest BCUT2D eigenvalue weighted by Crippen LogP contribution is -2.36. The van der Waals surface area contributed by atoms with Gasteiger partial charge in [0.25, 0.3) is 5.91 Å². The lowest BCUT2D eigenvalue weighted by molar-refractivity contribution is 0.0735. The molecule has 3 nitrogen and oxygen atoms in total. The maximum Gasteiger partial charge on any atom is 0.256 e. The molecule has 1 aliphatic heterocycles. The molecule has 0 radical (unpaired) electrons. The Hall–Kier alpha value is -2.29. The Kier molecular flexibility index (Phi) is 3.18. The molecule has 2 aromatic carbocycles. The van der Waals surface area contributed by atoms with Gasteiger partial charge in [-0.15, -0.1) is 0 Å². The highest BCUT2D eigenvalue weighted by Gasteiger charge is 2.23. The number of hydrogen-bond donors (Lipinski definition) is 1. The van der Waals surface area contributed by atoms with Crippen LogP contribution in [0, 0.1) is 6.92 Å². The Morgan fingerprint density at radius 1 is 1.10 bits per heavy atom. The SMILES string of the molecule is Cc1cccc(C(=O)N2CCc3ccccc3C2)c1N. The zero-order chi connectivity index (χ0) is 14.1. The van der Waals surface area contributed by atoms with E-state index in [-0.39, 0.29) is 5.91 Å². The Morgan fingerprint density at radius 3 is 2.65 bits per heavy atom. The third kappa shape index (κ3) is 2.16. The van der Waals surface area contributed by atoms with Crippen molar-refractivity contribution in [2.75, 3.05) is 12.3 Å². The summed E-state index contributed by atoms with van der Waals surface area (Å²) in [6.45, 7) is 3.35. The first-order valence-corrected chi connectivity index (χ1v) is 6.88. The van der Waals surface area contributed by atoms with Gasteiger partial charge in [0.15, 0.2) is 0 Å². The van der Waals surface area contributed by atoms with Gasteiger partial charge >= 0.3 is 0 Å². The van der Waals surface area contributed by atoms with Gasteiger partial charge in [-0.2, -0.15) is 0 Å². The molecule has 2 N–H and O–H groups in total. The number of nitrogens with zero attached hydrogens (tertiary/aromatic N) is 1. The van der Waals surface area contributed by atoms with Crippen LogP contribution < -0.4 is 5.73 Å². The minimum absolute atomic E-state index is 0.0284.